The van der Waals surface area contributed by atoms with Crippen molar-refractivity contribution >= 4 is 29.3 Å². The third-order valence-corrected chi connectivity index (χ3v) is 3.31. The molecule has 0 fully saturated rings. The number of carbonyl (C=O) groups is 2. The summed E-state index contributed by atoms with van der Waals surface area (Å²) in [6, 6.07) is 4.20. The quantitative estimate of drug-likeness (QED) is 0.688. The van der Waals surface area contributed by atoms with E-state index in [4.69, 9.17) is 10.8 Å². The fourth-order valence-corrected chi connectivity index (χ4v) is 2.07. The molecule has 0 spiro atoms. The Bertz CT molecular complexity index is 477. The van der Waals surface area contributed by atoms with E-state index in [-0.39, 0.29) is 0 Å². The zero-order valence-electron chi connectivity index (χ0n) is 11.0. The second-order valence-electron chi connectivity index (χ2n) is 4.24. The maximum atomic E-state index is 12.0. The van der Waals surface area contributed by atoms with Crippen LogP contribution < -0.4 is 11.1 Å². The predicted molar refractivity (Wildman–Crippen MR) is 77.5 cm³/mol. The van der Waals surface area contributed by atoms with Gasteiger partial charge in [-0.05, 0) is 37.5 Å². The first-order chi connectivity index (χ1) is 8.95. The second kappa shape index (κ2) is 7.04. The Morgan fingerprint density at radius 1 is 1.47 bits per heavy atom. The minimum absolute atomic E-state index is 0.315. The van der Waals surface area contributed by atoms with Crippen molar-refractivity contribution in [1.29, 1.82) is 0 Å². The van der Waals surface area contributed by atoms with Crippen molar-refractivity contribution in [3.8, 4) is 0 Å². The van der Waals surface area contributed by atoms with Gasteiger partial charge in [-0.15, -0.1) is 0 Å². The molecule has 0 radical (unpaired) electrons. The number of carbonyl (C=O) groups excluding carboxylic acids is 1. The fourth-order valence-electron chi connectivity index (χ4n) is 1.60. The number of hydrogen-bond donors (Lipinski definition) is 3. The molecule has 1 atom stereocenters. The average Bonchev–Trinajstić information content (AvgIpc) is 2.36. The van der Waals surface area contributed by atoms with Gasteiger partial charge in [-0.25, -0.2) is 4.79 Å². The molecule has 19 heavy (non-hydrogen) atoms. The van der Waals surface area contributed by atoms with Gasteiger partial charge in [-0.1, -0.05) is 11.6 Å². The summed E-state index contributed by atoms with van der Waals surface area (Å²) in [4.78, 5) is 23.1. The maximum Gasteiger partial charge on any atom is 0.326 e. The summed E-state index contributed by atoms with van der Waals surface area (Å²) in [6.07, 6.45) is 2.27. The van der Waals surface area contributed by atoms with Gasteiger partial charge >= 0.3 is 5.97 Å². The molecule has 1 amide bonds. The molecule has 0 aromatic heterocycles. The van der Waals surface area contributed by atoms with E-state index in [0.717, 1.165) is 5.56 Å². The summed E-state index contributed by atoms with van der Waals surface area (Å²) in [5.74, 6) is -0.816. The molecule has 0 aliphatic rings. The molecular weight excluding hydrogens is 264 g/mol. The third kappa shape index (κ3) is 4.48. The van der Waals surface area contributed by atoms with Crippen LogP contribution in [-0.4, -0.2) is 35.0 Å². The van der Waals surface area contributed by atoms with E-state index in [1.807, 2.05) is 13.2 Å². The molecule has 4 N–H and O–H groups in total. The number of carboxylic acid groups (broad SMARTS) is 1. The summed E-state index contributed by atoms with van der Waals surface area (Å²) in [5, 5.41) is 11.6. The van der Waals surface area contributed by atoms with E-state index in [1.54, 1.807) is 18.2 Å². The molecule has 0 bridgehead atoms. The SMILES string of the molecule is CSCC[C@H](NC(=O)c1cc(C)ccc1N)C(=O)O. The monoisotopic (exact) mass is 282 g/mol. The van der Waals surface area contributed by atoms with Gasteiger partial charge in [0.1, 0.15) is 6.04 Å². The number of nitrogen functional groups attached to an aromatic ring is 1. The van der Waals surface area contributed by atoms with E-state index in [9.17, 15) is 9.59 Å². The lowest BCUT2D eigenvalue weighted by Gasteiger charge is -2.15. The van der Waals surface area contributed by atoms with Gasteiger partial charge in [0.25, 0.3) is 5.91 Å². The molecule has 0 aliphatic heterocycles. The topological polar surface area (TPSA) is 92.4 Å². The number of nitrogens with one attached hydrogen (secondary N) is 1. The minimum Gasteiger partial charge on any atom is -0.480 e. The number of nitrogens with two attached hydrogens (primary N) is 1. The van der Waals surface area contributed by atoms with Crippen LogP contribution in [-0.2, 0) is 4.79 Å². The number of aryl methyl sites for hydroxylation is 1. The van der Waals surface area contributed by atoms with Crippen molar-refractivity contribution < 1.29 is 14.7 Å². The molecule has 6 heteroatoms. The fraction of sp³-hybridized carbons (Fsp3) is 0.385. The Hall–Kier alpha value is -1.69. The second-order valence-corrected chi connectivity index (χ2v) is 5.22. The number of anilines is 1. The first-order valence-electron chi connectivity index (χ1n) is 5.84. The van der Waals surface area contributed by atoms with Crippen molar-refractivity contribution in [2.24, 2.45) is 0 Å². The number of benzene rings is 1. The van der Waals surface area contributed by atoms with Gasteiger partial charge in [0.2, 0.25) is 0 Å². The number of thioether (sulfide) groups is 1. The van der Waals surface area contributed by atoms with Crippen molar-refractivity contribution in [2.75, 3.05) is 17.7 Å². The molecule has 1 aromatic carbocycles. The highest BCUT2D eigenvalue weighted by Crippen LogP contribution is 2.14. The van der Waals surface area contributed by atoms with Gasteiger partial charge in [0, 0.05) is 5.69 Å². The number of carboxylic acids is 1. The van der Waals surface area contributed by atoms with Crippen molar-refractivity contribution in [3.63, 3.8) is 0 Å². The maximum absolute atomic E-state index is 12.0. The Morgan fingerprint density at radius 2 is 2.16 bits per heavy atom. The van der Waals surface area contributed by atoms with Crippen LogP contribution in [0.2, 0.25) is 0 Å². The zero-order valence-corrected chi connectivity index (χ0v) is 11.8. The van der Waals surface area contributed by atoms with Crippen molar-refractivity contribution in [1.82, 2.24) is 5.32 Å². The predicted octanol–water partition coefficient (Wildman–Crippen LogP) is 1.51. The summed E-state index contributed by atoms with van der Waals surface area (Å²) in [6.45, 7) is 1.85. The van der Waals surface area contributed by atoms with Crippen LogP contribution >= 0.6 is 11.8 Å². The van der Waals surface area contributed by atoms with E-state index >= 15 is 0 Å². The lowest BCUT2D eigenvalue weighted by molar-refractivity contribution is -0.139. The van der Waals surface area contributed by atoms with E-state index < -0.39 is 17.9 Å². The van der Waals surface area contributed by atoms with Gasteiger partial charge in [0.05, 0.1) is 5.56 Å². The Kier molecular flexibility index (Phi) is 5.69. The minimum atomic E-state index is -1.03. The van der Waals surface area contributed by atoms with Gasteiger partial charge in [0.15, 0.2) is 0 Å². The molecule has 5 nitrogen and oxygen atoms in total. The number of hydrogen-bond acceptors (Lipinski definition) is 4. The molecule has 0 saturated carbocycles. The Morgan fingerprint density at radius 3 is 2.74 bits per heavy atom. The molecule has 0 aliphatic carbocycles. The van der Waals surface area contributed by atoms with Crippen molar-refractivity contribution in [2.45, 2.75) is 19.4 Å². The van der Waals surface area contributed by atoms with Crippen LogP contribution in [0.5, 0.6) is 0 Å². The molecule has 104 valence electrons. The molecule has 0 saturated heterocycles. The van der Waals surface area contributed by atoms with E-state index in [0.29, 0.717) is 23.4 Å². The number of rotatable bonds is 6. The average molecular weight is 282 g/mol. The molecule has 1 rings (SSSR count). The Balaban J connectivity index is 2.81. The lowest BCUT2D eigenvalue weighted by Crippen LogP contribution is -2.41. The highest BCUT2D eigenvalue weighted by Gasteiger charge is 2.21. The summed E-state index contributed by atoms with van der Waals surface area (Å²) in [7, 11) is 0. The van der Waals surface area contributed by atoms with Gasteiger partial charge in [-0.2, -0.15) is 11.8 Å². The normalized spacial score (nSPS) is 11.9. The highest BCUT2D eigenvalue weighted by atomic mass is 32.2. The van der Waals surface area contributed by atoms with Crippen LogP contribution in [0.4, 0.5) is 5.69 Å². The summed E-state index contributed by atoms with van der Waals surface area (Å²) >= 11 is 1.54. The third-order valence-electron chi connectivity index (χ3n) is 2.67. The van der Waals surface area contributed by atoms with E-state index in [1.165, 1.54) is 11.8 Å². The molecule has 1 aromatic rings. The first kappa shape index (κ1) is 15.4. The summed E-state index contributed by atoms with van der Waals surface area (Å²) < 4.78 is 0. The molecule has 0 heterocycles. The molecule has 0 unspecified atom stereocenters. The molecular formula is C13H18N2O3S. The van der Waals surface area contributed by atoms with Crippen LogP contribution in [0.25, 0.3) is 0 Å². The van der Waals surface area contributed by atoms with Crippen LogP contribution in [0.15, 0.2) is 18.2 Å². The standard InChI is InChI=1S/C13H18N2O3S/c1-8-3-4-10(14)9(7-8)12(16)15-11(13(17)18)5-6-19-2/h3-4,7,11H,5-6,14H2,1-2H3,(H,15,16)(H,17,18)/t11-/m0/s1. The van der Waals surface area contributed by atoms with Crippen LogP contribution in [0.3, 0.4) is 0 Å². The van der Waals surface area contributed by atoms with Gasteiger partial charge in [-0.3, -0.25) is 4.79 Å². The largest absolute Gasteiger partial charge is 0.480 e. The Labute approximate surface area is 116 Å². The van der Waals surface area contributed by atoms with E-state index in [2.05, 4.69) is 5.32 Å². The van der Waals surface area contributed by atoms with Crippen LogP contribution in [0.1, 0.15) is 22.3 Å². The smallest absolute Gasteiger partial charge is 0.326 e. The van der Waals surface area contributed by atoms with Crippen LogP contribution in [0, 0.1) is 6.92 Å². The summed E-state index contributed by atoms with van der Waals surface area (Å²) in [5.41, 5.74) is 7.29. The number of aliphatic carboxylic acids is 1. The lowest BCUT2D eigenvalue weighted by atomic mass is 10.1. The number of amides is 1. The highest BCUT2D eigenvalue weighted by molar-refractivity contribution is 7.98. The first-order valence-corrected chi connectivity index (χ1v) is 7.23. The van der Waals surface area contributed by atoms with Gasteiger partial charge < -0.3 is 16.2 Å². The van der Waals surface area contributed by atoms with Crippen molar-refractivity contribution in [3.05, 3.63) is 29.3 Å². The zero-order chi connectivity index (χ0) is 14.4.